The molecule has 0 amide bonds. The summed E-state index contributed by atoms with van der Waals surface area (Å²) in [7, 11) is 0. The predicted molar refractivity (Wildman–Crippen MR) is 182 cm³/mol. The lowest BCUT2D eigenvalue weighted by Gasteiger charge is -2.26. The lowest BCUT2D eigenvalue weighted by molar-refractivity contribution is -0.144. The average Bonchev–Trinajstić information content (AvgIpc) is 3.02. The second-order valence-corrected chi connectivity index (χ2v) is 12.4. The van der Waals surface area contributed by atoms with Gasteiger partial charge in [0.05, 0.1) is 39.3 Å². The molecule has 0 radical (unpaired) electrons. The van der Waals surface area contributed by atoms with Gasteiger partial charge in [0.15, 0.2) is 0 Å². The Kier molecular flexibility index (Phi) is 33.7. The van der Waals surface area contributed by atoms with Crippen LogP contribution in [0.5, 0.6) is 0 Å². The number of carbonyl (C=O) groups is 2. The fourth-order valence-electron chi connectivity index (χ4n) is 5.43. The molecule has 8 nitrogen and oxygen atoms in total. The zero-order valence-electron chi connectivity index (χ0n) is 29.0. The van der Waals surface area contributed by atoms with Crippen LogP contribution in [0.1, 0.15) is 155 Å². The lowest BCUT2D eigenvalue weighted by atomic mass is 10.1. The SMILES string of the molecule is CCCCCCCCCCCCOC(=O)CCN(CCC(=O)OCCCCCCCCCCCC)CCN(CCO)CCO. The Bertz CT molecular complexity index is 573. The van der Waals surface area contributed by atoms with Crippen molar-refractivity contribution in [2.24, 2.45) is 0 Å². The van der Waals surface area contributed by atoms with E-state index in [2.05, 4.69) is 18.7 Å². The number of carbonyl (C=O) groups excluding carboxylic acids is 2. The van der Waals surface area contributed by atoms with Crippen LogP contribution in [0.2, 0.25) is 0 Å². The van der Waals surface area contributed by atoms with Gasteiger partial charge in [-0.2, -0.15) is 0 Å². The molecule has 0 aliphatic heterocycles. The van der Waals surface area contributed by atoms with Crippen LogP contribution in [-0.2, 0) is 19.1 Å². The highest BCUT2D eigenvalue weighted by Gasteiger charge is 2.14. The Morgan fingerprint density at radius 1 is 0.432 bits per heavy atom. The van der Waals surface area contributed by atoms with Crippen molar-refractivity contribution < 1.29 is 29.3 Å². The van der Waals surface area contributed by atoms with E-state index in [1.165, 1.54) is 103 Å². The Morgan fingerprint density at radius 3 is 1.05 bits per heavy atom. The van der Waals surface area contributed by atoms with Crippen molar-refractivity contribution in [3.8, 4) is 0 Å². The van der Waals surface area contributed by atoms with Crippen molar-refractivity contribution in [2.45, 2.75) is 155 Å². The number of aliphatic hydroxyl groups excluding tert-OH is 2. The number of esters is 2. The van der Waals surface area contributed by atoms with Gasteiger partial charge in [0.2, 0.25) is 0 Å². The highest BCUT2D eigenvalue weighted by Crippen LogP contribution is 2.12. The fourth-order valence-corrected chi connectivity index (χ4v) is 5.43. The Labute approximate surface area is 271 Å². The molecule has 0 saturated heterocycles. The Hall–Kier alpha value is -1.22. The van der Waals surface area contributed by atoms with Crippen molar-refractivity contribution >= 4 is 11.9 Å². The van der Waals surface area contributed by atoms with Gasteiger partial charge < -0.3 is 24.6 Å². The van der Waals surface area contributed by atoms with Crippen LogP contribution in [0.15, 0.2) is 0 Å². The van der Waals surface area contributed by atoms with Gasteiger partial charge in [-0.3, -0.25) is 14.5 Å². The molecule has 0 atom stereocenters. The minimum atomic E-state index is -0.197. The van der Waals surface area contributed by atoms with Crippen LogP contribution in [-0.4, -0.2) is 97.6 Å². The maximum Gasteiger partial charge on any atom is 0.307 e. The Morgan fingerprint density at radius 2 is 0.727 bits per heavy atom. The molecule has 0 aliphatic rings. The Balaban J connectivity index is 4.21. The summed E-state index contributed by atoms with van der Waals surface area (Å²) in [5, 5.41) is 18.7. The van der Waals surface area contributed by atoms with Crippen molar-refractivity contribution in [1.29, 1.82) is 0 Å². The van der Waals surface area contributed by atoms with Gasteiger partial charge in [-0.05, 0) is 12.8 Å². The number of rotatable bonds is 35. The largest absolute Gasteiger partial charge is 0.466 e. The van der Waals surface area contributed by atoms with Gasteiger partial charge in [0.1, 0.15) is 0 Å². The lowest BCUT2D eigenvalue weighted by Crippen LogP contribution is -2.39. The summed E-state index contributed by atoms with van der Waals surface area (Å²) in [5.74, 6) is -0.394. The van der Waals surface area contributed by atoms with Gasteiger partial charge in [0, 0.05) is 39.3 Å². The molecule has 0 unspecified atom stereocenters. The molecule has 44 heavy (non-hydrogen) atoms. The molecule has 0 saturated carbocycles. The number of unbranched alkanes of at least 4 members (excludes halogenated alkanes) is 18. The van der Waals surface area contributed by atoms with Crippen LogP contribution in [0.4, 0.5) is 0 Å². The first-order chi connectivity index (χ1) is 21.6. The highest BCUT2D eigenvalue weighted by molar-refractivity contribution is 5.70. The van der Waals surface area contributed by atoms with Gasteiger partial charge in [-0.15, -0.1) is 0 Å². The molecule has 2 N–H and O–H groups in total. The van der Waals surface area contributed by atoms with Crippen LogP contribution in [0.25, 0.3) is 0 Å². The summed E-state index contributed by atoms with van der Waals surface area (Å²) >= 11 is 0. The molecular formula is C36H72N2O6. The second kappa shape index (κ2) is 34.6. The van der Waals surface area contributed by atoms with E-state index in [-0.39, 0.29) is 38.0 Å². The van der Waals surface area contributed by atoms with Gasteiger partial charge in [-0.25, -0.2) is 0 Å². The molecule has 262 valence electrons. The molecule has 0 bridgehead atoms. The van der Waals surface area contributed by atoms with Crippen LogP contribution in [0, 0.1) is 0 Å². The predicted octanol–water partition coefficient (Wildman–Crippen LogP) is 7.28. The first kappa shape index (κ1) is 42.8. The monoisotopic (exact) mass is 629 g/mol. The number of hydrogen-bond donors (Lipinski definition) is 2. The van der Waals surface area contributed by atoms with E-state index in [4.69, 9.17) is 9.47 Å². The maximum atomic E-state index is 12.4. The highest BCUT2D eigenvalue weighted by atomic mass is 16.5. The molecule has 8 heteroatoms. The minimum Gasteiger partial charge on any atom is -0.466 e. The van der Waals surface area contributed by atoms with Crippen molar-refractivity contribution in [2.75, 3.05) is 65.7 Å². The normalized spacial score (nSPS) is 11.5. The van der Waals surface area contributed by atoms with Crippen molar-refractivity contribution in [3.05, 3.63) is 0 Å². The molecule has 0 spiro atoms. The molecule has 0 aromatic rings. The third kappa shape index (κ3) is 30.8. The summed E-state index contributed by atoms with van der Waals surface area (Å²) in [6.45, 7) is 8.75. The molecule has 0 heterocycles. The summed E-state index contributed by atoms with van der Waals surface area (Å²) in [5.41, 5.74) is 0. The molecule has 0 fully saturated rings. The molecule has 0 aromatic heterocycles. The van der Waals surface area contributed by atoms with Gasteiger partial charge >= 0.3 is 11.9 Å². The van der Waals surface area contributed by atoms with E-state index in [1.54, 1.807) is 0 Å². The van der Waals surface area contributed by atoms with E-state index in [0.29, 0.717) is 52.5 Å². The number of nitrogens with zero attached hydrogens (tertiary/aromatic N) is 2. The van der Waals surface area contributed by atoms with Crippen LogP contribution < -0.4 is 0 Å². The summed E-state index contributed by atoms with van der Waals surface area (Å²) in [6.07, 6.45) is 25.5. The van der Waals surface area contributed by atoms with E-state index < -0.39 is 0 Å². The number of ether oxygens (including phenoxy) is 2. The smallest absolute Gasteiger partial charge is 0.307 e. The van der Waals surface area contributed by atoms with E-state index in [0.717, 1.165) is 25.7 Å². The first-order valence-corrected chi connectivity index (χ1v) is 18.5. The number of hydrogen-bond acceptors (Lipinski definition) is 8. The molecule has 0 aromatic carbocycles. The number of aliphatic hydroxyl groups is 2. The van der Waals surface area contributed by atoms with E-state index in [1.807, 2.05) is 4.90 Å². The molecule has 0 aliphatic carbocycles. The molecular weight excluding hydrogens is 556 g/mol. The minimum absolute atomic E-state index is 0.0244. The van der Waals surface area contributed by atoms with Gasteiger partial charge in [0.25, 0.3) is 0 Å². The zero-order chi connectivity index (χ0) is 32.4. The van der Waals surface area contributed by atoms with Crippen LogP contribution >= 0.6 is 0 Å². The fraction of sp³-hybridized carbons (Fsp3) is 0.944. The van der Waals surface area contributed by atoms with Crippen molar-refractivity contribution in [3.63, 3.8) is 0 Å². The first-order valence-electron chi connectivity index (χ1n) is 18.5. The second-order valence-electron chi connectivity index (χ2n) is 12.4. The van der Waals surface area contributed by atoms with E-state index >= 15 is 0 Å². The molecule has 0 rings (SSSR count). The van der Waals surface area contributed by atoms with E-state index in [9.17, 15) is 19.8 Å². The summed E-state index contributed by atoms with van der Waals surface area (Å²) in [6, 6.07) is 0. The quantitative estimate of drug-likeness (QED) is 0.0558. The third-order valence-corrected chi connectivity index (χ3v) is 8.35. The maximum absolute atomic E-state index is 12.4. The zero-order valence-corrected chi connectivity index (χ0v) is 29.0. The summed E-state index contributed by atoms with van der Waals surface area (Å²) < 4.78 is 11.0. The topological polar surface area (TPSA) is 99.5 Å². The van der Waals surface area contributed by atoms with Crippen molar-refractivity contribution in [1.82, 2.24) is 9.80 Å². The van der Waals surface area contributed by atoms with Gasteiger partial charge in [-0.1, -0.05) is 129 Å². The van der Waals surface area contributed by atoms with Crippen LogP contribution in [0.3, 0.4) is 0 Å². The third-order valence-electron chi connectivity index (χ3n) is 8.35. The standard InChI is InChI=1S/C36H72N2O6/c1-3-5-7-9-11-13-15-17-19-21-33-43-35(41)23-25-37(27-28-38(29-31-39)30-32-40)26-24-36(42)44-34-22-20-18-16-14-12-10-8-6-4-2/h39-40H,3-34H2,1-2H3. The average molecular weight is 629 g/mol. The summed E-state index contributed by atoms with van der Waals surface area (Å²) in [4.78, 5) is 28.9.